The highest BCUT2D eigenvalue weighted by Gasteiger charge is 1.94. The smallest absolute Gasteiger partial charge is 0.0518 e. The van der Waals surface area contributed by atoms with Crippen LogP contribution >= 0.6 is 0 Å². The van der Waals surface area contributed by atoms with Crippen molar-refractivity contribution in [3.05, 3.63) is 6.92 Å². The van der Waals surface area contributed by atoms with E-state index in [4.69, 9.17) is 4.74 Å². The van der Waals surface area contributed by atoms with Gasteiger partial charge < -0.3 is 4.74 Å². The average Bonchev–Trinajstić information content (AvgIpc) is 2.25. The number of hydrogen-bond acceptors (Lipinski definition) is 1. The number of unbranched alkanes of at least 4 members (excludes halogenated alkanes) is 9. The van der Waals surface area contributed by atoms with Crippen LogP contribution in [0.25, 0.3) is 0 Å². The van der Waals surface area contributed by atoms with Crippen molar-refractivity contribution in [1.82, 2.24) is 0 Å². The minimum Gasteiger partial charge on any atom is -0.379 e. The molecular formula is C15H31O. The molecule has 0 aliphatic heterocycles. The van der Waals surface area contributed by atoms with Crippen LogP contribution in [0.3, 0.4) is 0 Å². The molecule has 0 rings (SSSR count). The first-order chi connectivity index (χ1) is 7.77. The summed E-state index contributed by atoms with van der Waals surface area (Å²) in [5, 5.41) is 0. The second-order valence-corrected chi connectivity index (χ2v) is 4.96. The topological polar surface area (TPSA) is 9.23 Å². The molecule has 0 fully saturated rings. The van der Waals surface area contributed by atoms with Crippen molar-refractivity contribution in [1.29, 1.82) is 0 Å². The summed E-state index contributed by atoms with van der Waals surface area (Å²) in [5.74, 6) is 0. The zero-order valence-corrected chi connectivity index (χ0v) is 11.5. The summed E-state index contributed by atoms with van der Waals surface area (Å²) < 4.78 is 5.51. The van der Waals surface area contributed by atoms with E-state index in [2.05, 4.69) is 20.8 Å². The first-order valence-electron chi connectivity index (χ1n) is 7.18. The van der Waals surface area contributed by atoms with Gasteiger partial charge in [0.1, 0.15) is 0 Å². The Morgan fingerprint density at radius 3 is 1.62 bits per heavy atom. The fourth-order valence-electron chi connectivity index (χ4n) is 1.84. The van der Waals surface area contributed by atoms with Gasteiger partial charge in [-0.15, -0.1) is 0 Å². The Labute approximate surface area is 103 Å². The molecule has 1 nitrogen and oxygen atoms in total. The lowest BCUT2D eigenvalue weighted by molar-refractivity contribution is 0.0756. The molecule has 0 bridgehead atoms. The van der Waals surface area contributed by atoms with Crippen molar-refractivity contribution in [2.24, 2.45) is 0 Å². The molecule has 0 heterocycles. The standard InChI is InChI=1S/C15H31O/c1-4-5-6-7-8-9-10-11-12-13-14-16-15(2)3/h15H,1,4-14H2,2-3H3. The van der Waals surface area contributed by atoms with Crippen LogP contribution in [-0.4, -0.2) is 12.7 Å². The van der Waals surface area contributed by atoms with E-state index in [1.165, 1.54) is 57.8 Å². The van der Waals surface area contributed by atoms with Crippen molar-refractivity contribution in [3.8, 4) is 0 Å². The summed E-state index contributed by atoms with van der Waals surface area (Å²) in [6.45, 7) is 9.01. The molecule has 0 amide bonds. The van der Waals surface area contributed by atoms with Crippen LogP contribution in [0.2, 0.25) is 0 Å². The van der Waals surface area contributed by atoms with Gasteiger partial charge in [-0.25, -0.2) is 0 Å². The molecule has 0 aromatic heterocycles. The van der Waals surface area contributed by atoms with Gasteiger partial charge in [0.15, 0.2) is 0 Å². The summed E-state index contributed by atoms with van der Waals surface area (Å²) in [6, 6.07) is 0. The molecule has 0 saturated heterocycles. The van der Waals surface area contributed by atoms with Gasteiger partial charge in [0.2, 0.25) is 0 Å². The highest BCUT2D eigenvalue weighted by atomic mass is 16.5. The second kappa shape index (κ2) is 13.0. The summed E-state index contributed by atoms with van der Waals surface area (Å²) in [7, 11) is 0. The lowest BCUT2D eigenvalue weighted by Crippen LogP contribution is -2.03. The molecule has 0 N–H and O–H groups in total. The van der Waals surface area contributed by atoms with Crippen LogP contribution in [-0.2, 0) is 4.74 Å². The van der Waals surface area contributed by atoms with Crippen molar-refractivity contribution < 1.29 is 4.74 Å². The third kappa shape index (κ3) is 14.0. The monoisotopic (exact) mass is 227 g/mol. The molecule has 0 atom stereocenters. The molecule has 0 aromatic carbocycles. The zero-order chi connectivity index (χ0) is 12.1. The molecule has 1 radical (unpaired) electrons. The van der Waals surface area contributed by atoms with Crippen LogP contribution in [0.4, 0.5) is 0 Å². The first-order valence-corrected chi connectivity index (χ1v) is 7.18. The summed E-state index contributed by atoms with van der Waals surface area (Å²) >= 11 is 0. The number of ether oxygens (including phenoxy) is 1. The van der Waals surface area contributed by atoms with E-state index in [1.54, 1.807) is 0 Å². The number of hydrogen-bond donors (Lipinski definition) is 0. The highest BCUT2D eigenvalue weighted by Crippen LogP contribution is 2.10. The third-order valence-electron chi connectivity index (χ3n) is 2.85. The van der Waals surface area contributed by atoms with E-state index in [0.717, 1.165) is 13.0 Å². The Bertz CT molecular complexity index is 121. The largest absolute Gasteiger partial charge is 0.379 e. The quantitative estimate of drug-likeness (QED) is 0.419. The van der Waals surface area contributed by atoms with E-state index in [0.29, 0.717) is 6.10 Å². The predicted molar refractivity (Wildman–Crippen MR) is 72.6 cm³/mol. The lowest BCUT2D eigenvalue weighted by atomic mass is 10.1. The predicted octanol–water partition coefficient (Wildman–Crippen LogP) is 5.15. The molecular weight excluding hydrogens is 196 g/mol. The Hall–Kier alpha value is -0.0400. The normalized spacial score (nSPS) is 11.2. The van der Waals surface area contributed by atoms with Crippen molar-refractivity contribution in [2.75, 3.05) is 6.61 Å². The maximum absolute atomic E-state index is 5.51. The van der Waals surface area contributed by atoms with Crippen LogP contribution in [0.15, 0.2) is 0 Å². The highest BCUT2D eigenvalue weighted by molar-refractivity contribution is 4.48. The molecule has 0 saturated carbocycles. The Kier molecular flexibility index (Phi) is 13.0. The SMILES string of the molecule is [CH2]CCCCCCCCCCCOC(C)C. The van der Waals surface area contributed by atoms with Gasteiger partial charge in [-0.2, -0.15) is 0 Å². The van der Waals surface area contributed by atoms with Gasteiger partial charge in [0, 0.05) is 6.61 Å². The summed E-state index contributed by atoms with van der Waals surface area (Å²) in [6.07, 6.45) is 13.8. The molecule has 0 spiro atoms. The lowest BCUT2D eigenvalue weighted by Gasteiger charge is -2.06. The summed E-state index contributed by atoms with van der Waals surface area (Å²) in [4.78, 5) is 0. The average molecular weight is 227 g/mol. The van der Waals surface area contributed by atoms with Crippen molar-refractivity contribution in [2.45, 2.75) is 84.2 Å². The van der Waals surface area contributed by atoms with E-state index >= 15 is 0 Å². The van der Waals surface area contributed by atoms with Crippen LogP contribution < -0.4 is 0 Å². The van der Waals surface area contributed by atoms with Gasteiger partial charge >= 0.3 is 0 Å². The van der Waals surface area contributed by atoms with E-state index in [9.17, 15) is 0 Å². The van der Waals surface area contributed by atoms with Gasteiger partial charge in [-0.3, -0.25) is 0 Å². The van der Waals surface area contributed by atoms with Gasteiger partial charge in [0.25, 0.3) is 0 Å². The van der Waals surface area contributed by atoms with Crippen LogP contribution in [0.1, 0.15) is 78.1 Å². The van der Waals surface area contributed by atoms with Gasteiger partial charge in [-0.05, 0) is 20.3 Å². The van der Waals surface area contributed by atoms with Gasteiger partial charge in [0.05, 0.1) is 6.10 Å². The van der Waals surface area contributed by atoms with E-state index in [-0.39, 0.29) is 0 Å². The molecule has 0 aliphatic carbocycles. The van der Waals surface area contributed by atoms with Crippen molar-refractivity contribution in [3.63, 3.8) is 0 Å². The summed E-state index contributed by atoms with van der Waals surface area (Å²) in [5.41, 5.74) is 0. The fourth-order valence-corrected chi connectivity index (χ4v) is 1.84. The molecule has 0 aliphatic rings. The molecule has 0 unspecified atom stereocenters. The second-order valence-electron chi connectivity index (χ2n) is 4.96. The van der Waals surface area contributed by atoms with E-state index < -0.39 is 0 Å². The Morgan fingerprint density at radius 2 is 1.19 bits per heavy atom. The Balaban J connectivity index is 2.88. The number of rotatable bonds is 12. The molecule has 97 valence electrons. The van der Waals surface area contributed by atoms with Crippen LogP contribution in [0, 0.1) is 6.92 Å². The third-order valence-corrected chi connectivity index (χ3v) is 2.85. The minimum absolute atomic E-state index is 0.396. The molecule has 1 heteroatoms. The first kappa shape index (κ1) is 16.0. The molecule has 16 heavy (non-hydrogen) atoms. The maximum atomic E-state index is 5.51. The van der Waals surface area contributed by atoms with Gasteiger partial charge in [-0.1, -0.05) is 64.7 Å². The fraction of sp³-hybridized carbons (Fsp3) is 0.933. The maximum Gasteiger partial charge on any atom is 0.0518 e. The van der Waals surface area contributed by atoms with Crippen molar-refractivity contribution >= 4 is 0 Å². The van der Waals surface area contributed by atoms with E-state index in [1.807, 2.05) is 0 Å². The minimum atomic E-state index is 0.396. The van der Waals surface area contributed by atoms with Crippen LogP contribution in [0.5, 0.6) is 0 Å². The Morgan fingerprint density at radius 1 is 0.750 bits per heavy atom. The zero-order valence-electron chi connectivity index (χ0n) is 11.5. The molecule has 0 aromatic rings.